The number of hydrogen-bond donors (Lipinski definition) is 3. The van der Waals surface area contributed by atoms with Crippen molar-refractivity contribution < 1.29 is 13.5 Å². The summed E-state index contributed by atoms with van der Waals surface area (Å²) in [6.07, 6.45) is 1.19. The van der Waals surface area contributed by atoms with Gasteiger partial charge < -0.3 is 5.11 Å². The number of hydrogen-bond acceptors (Lipinski definition) is 3. The molecule has 1 unspecified atom stereocenters. The van der Waals surface area contributed by atoms with Gasteiger partial charge in [0.2, 0.25) is 0 Å². The molecule has 0 saturated heterocycles. The summed E-state index contributed by atoms with van der Waals surface area (Å²) in [5.74, 6) is 0.162. The summed E-state index contributed by atoms with van der Waals surface area (Å²) in [6, 6.07) is -0.218. The average molecular weight is 238 g/mol. The third kappa shape index (κ3) is 6.83. The molecule has 0 bridgehead atoms. The van der Waals surface area contributed by atoms with Crippen LogP contribution in [0.2, 0.25) is 0 Å². The lowest BCUT2D eigenvalue weighted by atomic mass is 10.0. The molecule has 0 aromatic rings. The molecule has 0 aliphatic rings. The Bertz CT molecular complexity index is 252. The molecular formula is C9H22N2O3S. The average Bonchev–Trinajstić information content (AvgIpc) is 2.14. The fourth-order valence-electron chi connectivity index (χ4n) is 1.14. The fourth-order valence-corrected chi connectivity index (χ4v) is 2.49. The smallest absolute Gasteiger partial charge is 0.277 e. The summed E-state index contributed by atoms with van der Waals surface area (Å²) >= 11 is 0. The second-order valence-electron chi connectivity index (χ2n) is 3.88. The zero-order valence-electron chi connectivity index (χ0n) is 9.66. The molecule has 0 aromatic heterocycles. The van der Waals surface area contributed by atoms with Crippen LogP contribution in [0.3, 0.4) is 0 Å². The molecule has 0 aliphatic heterocycles. The molecular weight excluding hydrogens is 216 g/mol. The lowest BCUT2D eigenvalue weighted by Crippen LogP contribution is -2.45. The minimum absolute atomic E-state index is 0.0147. The first-order valence-corrected chi connectivity index (χ1v) is 6.79. The first-order valence-electron chi connectivity index (χ1n) is 5.30. The normalized spacial score (nSPS) is 14.5. The molecule has 1 atom stereocenters. The summed E-state index contributed by atoms with van der Waals surface area (Å²) in [4.78, 5) is 0. The quantitative estimate of drug-likeness (QED) is 0.566. The second kappa shape index (κ2) is 7.16. The van der Waals surface area contributed by atoms with Crippen LogP contribution in [-0.4, -0.2) is 32.7 Å². The van der Waals surface area contributed by atoms with E-state index in [1.807, 2.05) is 20.8 Å². The maximum Gasteiger partial charge on any atom is 0.277 e. The van der Waals surface area contributed by atoms with Gasteiger partial charge in [-0.15, -0.1) is 0 Å². The molecule has 0 spiro atoms. The lowest BCUT2D eigenvalue weighted by molar-refractivity contribution is 0.255. The van der Waals surface area contributed by atoms with Crippen LogP contribution in [0.25, 0.3) is 0 Å². The topological polar surface area (TPSA) is 78.4 Å². The van der Waals surface area contributed by atoms with Gasteiger partial charge in [-0.2, -0.15) is 13.1 Å². The van der Waals surface area contributed by atoms with E-state index in [-0.39, 0.29) is 18.6 Å². The minimum atomic E-state index is -3.42. The van der Waals surface area contributed by atoms with Crippen molar-refractivity contribution in [3.63, 3.8) is 0 Å². The van der Waals surface area contributed by atoms with Crippen LogP contribution in [0, 0.1) is 5.92 Å². The van der Waals surface area contributed by atoms with Crippen molar-refractivity contribution in [2.45, 2.75) is 39.7 Å². The highest BCUT2D eigenvalue weighted by molar-refractivity contribution is 7.87. The summed E-state index contributed by atoms with van der Waals surface area (Å²) in [6.45, 7) is 6.15. The minimum Gasteiger partial charge on any atom is -0.396 e. The highest BCUT2D eigenvalue weighted by Gasteiger charge is 2.19. The van der Waals surface area contributed by atoms with Gasteiger partial charge in [0.25, 0.3) is 10.2 Å². The highest BCUT2D eigenvalue weighted by atomic mass is 32.2. The van der Waals surface area contributed by atoms with E-state index in [1.165, 1.54) is 0 Å². The maximum atomic E-state index is 11.5. The van der Waals surface area contributed by atoms with E-state index in [9.17, 15) is 8.42 Å². The Hall–Kier alpha value is -0.170. The number of aliphatic hydroxyl groups is 1. The number of rotatable bonds is 8. The second-order valence-corrected chi connectivity index (χ2v) is 5.41. The maximum absolute atomic E-state index is 11.5. The molecule has 0 amide bonds. The van der Waals surface area contributed by atoms with Gasteiger partial charge in [0.15, 0.2) is 0 Å². The number of aliphatic hydroxyl groups excluding tert-OH is 1. The van der Waals surface area contributed by atoms with Crippen LogP contribution in [0.4, 0.5) is 0 Å². The third-order valence-corrected chi connectivity index (χ3v) is 3.29. The van der Waals surface area contributed by atoms with Gasteiger partial charge >= 0.3 is 0 Å². The predicted molar refractivity (Wildman–Crippen MR) is 60.7 cm³/mol. The summed E-state index contributed by atoms with van der Waals surface area (Å²) in [5, 5.41) is 8.80. The van der Waals surface area contributed by atoms with Crippen molar-refractivity contribution in [3.8, 4) is 0 Å². The van der Waals surface area contributed by atoms with Gasteiger partial charge in [-0.1, -0.05) is 20.8 Å². The van der Waals surface area contributed by atoms with Crippen LogP contribution < -0.4 is 9.44 Å². The Kier molecular flexibility index (Phi) is 7.08. The molecule has 0 aliphatic carbocycles. The van der Waals surface area contributed by atoms with Crippen LogP contribution >= 0.6 is 0 Å². The SMILES string of the molecule is CCCNS(=O)(=O)NC(CCO)C(C)C. The van der Waals surface area contributed by atoms with Crippen LogP contribution in [-0.2, 0) is 10.2 Å². The molecule has 0 aromatic carbocycles. The predicted octanol–water partition coefficient (Wildman–Crippen LogP) is 0.227. The van der Waals surface area contributed by atoms with Gasteiger partial charge in [0, 0.05) is 19.2 Å². The summed E-state index contributed by atoms with van der Waals surface area (Å²) in [5.41, 5.74) is 0. The van der Waals surface area contributed by atoms with Crippen molar-refractivity contribution in [2.24, 2.45) is 5.92 Å². The molecule has 5 nitrogen and oxygen atoms in total. The van der Waals surface area contributed by atoms with Gasteiger partial charge in [-0.3, -0.25) is 0 Å². The molecule has 0 heterocycles. The zero-order valence-corrected chi connectivity index (χ0v) is 10.5. The van der Waals surface area contributed by atoms with E-state index < -0.39 is 10.2 Å². The Morgan fingerprint density at radius 1 is 1.33 bits per heavy atom. The first-order chi connectivity index (χ1) is 6.93. The molecule has 92 valence electrons. The Morgan fingerprint density at radius 2 is 1.93 bits per heavy atom. The van der Waals surface area contributed by atoms with Gasteiger partial charge in [-0.05, 0) is 18.8 Å². The first kappa shape index (κ1) is 14.8. The van der Waals surface area contributed by atoms with E-state index in [0.717, 1.165) is 6.42 Å². The van der Waals surface area contributed by atoms with E-state index in [0.29, 0.717) is 13.0 Å². The van der Waals surface area contributed by atoms with Crippen molar-refractivity contribution in [3.05, 3.63) is 0 Å². The van der Waals surface area contributed by atoms with Gasteiger partial charge in [-0.25, -0.2) is 4.72 Å². The van der Waals surface area contributed by atoms with Crippen LogP contribution in [0.15, 0.2) is 0 Å². The molecule has 0 saturated carbocycles. The van der Waals surface area contributed by atoms with Crippen LogP contribution in [0.1, 0.15) is 33.6 Å². The van der Waals surface area contributed by atoms with Crippen molar-refractivity contribution in [1.82, 2.24) is 9.44 Å². The molecule has 15 heavy (non-hydrogen) atoms. The fraction of sp³-hybridized carbons (Fsp3) is 1.00. The monoisotopic (exact) mass is 238 g/mol. The summed E-state index contributed by atoms with van der Waals surface area (Å²) < 4.78 is 27.9. The van der Waals surface area contributed by atoms with E-state index in [2.05, 4.69) is 9.44 Å². The highest BCUT2D eigenvalue weighted by Crippen LogP contribution is 2.06. The zero-order chi connectivity index (χ0) is 11.9. The largest absolute Gasteiger partial charge is 0.396 e. The molecule has 3 N–H and O–H groups in total. The number of nitrogens with one attached hydrogen (secondary N) is 2. The Balaban J connectivity index is 4.25. The van der Waals surface area contributed by atoms with Crippen molar-refractivity contribution in [1.29, 1.82) is 0 Å². The Morgan fingerprint density at radius 3 is 2.33 bits per heavy atom. The standard InChI is InChI=1S/C9H22N2O3S/c1-4-6-10-15(13,14)11-9(5-7-12)8(2)3/h8-12H,4-7H2,1-3H3. The van der Waals surface area contributed by atoms with Crippen molar-refractivity contribution in [2.75, 3.05) is 13.2 Å². The van der Waals surface area contributed by atoms with E-state index in [1.54, 1.807) is 0 Å². The summed E-state index contributed by atoms with van der Waals surface area (Å²) in [7, 11) is -3.42. The lowest BCUT2D eigenvalue weighted by Gasteiger charge is -2.21. The van der Waals surface area contributed by atoms with Gasteiger partial charge in [0.1, 0.15) is 0 Å². The Labute approximate surface area is 92.4 Å². The molecule has 0 rings (SSSR count). The molecule has 0 fully saturated rings. The third-order valence-electron chi connectivity index (χ3n) is 2.09. The van der Waals surface area contributed by atoms with E-state index >= 15 is 0 Å². The molecule has 6 heteroatoms. The van der Waals surface area contributed by atoms with Crippen molar-refractivity contribution >= 4 is 10.2 Å². The van der Waals surface area contributed by atoms with Gasteiger partial charge in [0.05, 0.1) is 0 Å². The van der Waals surface area contributed by atoms with Crippen LogP contribution in [0.5, 0.6) is 0 Å². The van der Waals surface area contributed by atoms with E-state index in [4.69, 9.17) is 5.11 Å². The molecule has 0 radical (unpaired) electrons.